The fourth-order valence-electron chi connectivity index (χ4n) is 1.54. The van der Waals surface area contributed by atoms with Gasteiger partial charge in [0.25, 0.3) is 0 Å². The molecule has 0 spiro atoms. The summed E-state index contributed by atoms with van der Waals surface area (Å²) in [6.45, 7) is 3.63. The number of hydrogen-bond donors (Lipinski definition) is 2. The standard InChI is InChI=1S/C13H17N5O.ClH/c1-9(10(2)14)13(19)16-11-3-5-12(6-4-11)18-8-7-15-17-18;/h3-10H,14H2,1-2H3,(H,16,19);1H. The van der Waals surface area contributed by atoms with Crippen LogP contribution in [0.3, 0.4) is 0 Å². The third-order valence-electron chi connectivity index (χ3n) is 3.02. The molecule has 0 radical (unpaired) electrons. The van der Waals surface area contributed by atoms with Crippen LogP contribution in [0, 0.1) is 5.92 Å². The molecular formula is C13H18ClN5O. The van der Waals surface area contributed by atoms with Crippen molar-refractivity contribution in [2.75, 3.05) is 5.32 Å². The minimum Gasteiger partial charge on any atom is -0.327 e. The number of rotatable bonds is 4. The highest BCUT2D eigenvalue weighted by Gasteiger charge is 2.16. The zero-order valence-corrected chi connectivity index (χ0v) is 12.2. The summed E-state index contributed by atoms with van der Waals surface area (Å²) in [7, 11) is 0. The second kappa shape index (κ2) is 7.02. The van der Waals surface area contributed by atoms with Crippen molar-refractivity contribution in [2.24, 2.45) is 11.7 Å². The average Bonchev–Trinajstić information content (AvgIpc) is 2.92. The van der Waals surface area contributed by atoms with Crippen LogP contribution in [0.2, 0.25) is 0 Å². The lowest BCUT2D eigenvalue weighted by Gasteiger charge is -2.15. The molecule has 0 aliphatic rings. The molecule has 1 aromatic carbocycles. The molecule has 2 aromatic rings. The van der Waals surface area contributed by atoms with Crippen LogP contribution in [0.5, 0.6) is 0 Å². The molecule has 1 aromatic heterocycles. The molecule has 6 nitrogen and oxygen atoms in total. The van der Waals surface area contributed by atoms with Gasteiger partial charge < -0.3 is 11.1 Å². The van der Waals surface area contributed by atoms with E-state index < -0.39 is 0 Å². The lowest BCUT2D eigenvalue weighted by atomic mass is 10.0. The van der Waals surface area contributed by atoms with Crippen molar-refractivity contribution >= 4 is 24.0 Å². The van der Waals surface area contributed by atoms with E-state index in [2.05, 4.69) is 15.6 Å². The third kappa shape index (κ3) is 3.79. The van der Waals surface area contributed by atoms with E-state index in [0.717, 1.165) is 11.4 Å². The first-order valence-corrected chi connectivity index (χ1v) is 6.11. The molecule has 0 aliphatic carbocycles. The number of nitrogens with one attached hydrogen (secondary N) is 1. The summed E-state index contributed by atoms with van der Waals surface area (Å²) in [6, 6.07) is 7.20. The monoisotopic (exact) mass is 295 g/mol. The topological polar surface area (TPSA) is 85.8 Å². The Labute approximate surface area is 123 Å². The number of nitrogens with zero attached hydrogens (tertiary/aromatic N) is 3. The van der Waals surface area contributed by atoms with Crippen LogP contribution in [-0.2, 0) is 4.79 Å². The second-order valence-corrected chi connectivity index (χ2v) is 4.53. The molecule has 3 N–H and O–H groups in total. The largest absolute Gasteiger partial charge is 0.327 e. The van der Waals surface area contributed by atoms with Crippen LogP contribution in [0.25, 0.3) is 5.69 Å². The molecule has 0 saturated carbocycles. The molecule has 2 rings (SSSR count). The van der Waals surface area contributed by atoms with Crippen LogP contribution in [0.1, 0.15) is 13.8 Å². The molecule has 2 unspecified atom stereocenters. The first-order valence-electron chi connectivity index (χ1n) is 6.11. The van der Waals surface area contributed by atoms with Crippen molar-refractivity contribution in [3.8, 4) is 5.69 Å². The van der Waals surface area contributed by atoms with Crippen LogP contribution < -0.4 is 11.1 Å². The van der Waals surface area contributed by atoms with Crippen molar-refractivity contribution in [1.29, 1.82) is 0 Å². The van der Waals surface area contributed by atoms with Gasteiger partial charge in [0.15, 0.2) is 0 Å². The molecule has 0 bridgehead atoms. The first-order chi connectivity index (χ1) is 9.08. The summed E-state index contributed by atoms with van der Waals surface area (Å²) in [5, 5.41) is 10.5. The highest BCUT2D eigenvalue weighted by molar-refractivity contribution is 5.92. The predicted octanol–water partition coefficient (Wildman–Crippen LogP) is 1.61. The second-order valence-electron chi connectivity index (χ2n) is 4.53. The number of halogens is 1. The number of benzene rings is 1. The highest BCUT2D eigenvalue weighted by Crippen LogP contribution is 2.13. The average molecular weight is 296 g/mol. The fraction of sp³-hybridized carbons (Fsp3) is 0.308. The first kappa shape index (κ1) is 16.1. The number of aromatic nitrogens is 3. The van der Waals surface area contributed by atoms with Gasteiger partial charge in [-0.15, -0.1) is 17.5 Å². The Hall–Kier alpha value is -1.92. The number of amides is 1. The van der Waals surface area contributed by atoms with Gasteiger partial charge in [-0.1, -0.05) is 12.1 Å². The van der Waals surface area contributed by atoms with E-state index in [1.54, 1.807) is 17.1 Å². The van der Waals surface area contributed by atoms with Gasteiger partial charge in [0.05, 0.1) is 24.0 Å². The van der Waals surface area contributed by atoms with E-state index in [9.17, 15) is 4.79 Å². The van der Waals surface area contributed by atoms with Gasteiger partial charge >= 0.3 is 0 Å². The minimum absolute atomic E-state index is 0. The zero-order valence-electron chi connectivity index (χ0n) is 11.4. The third-order valence-corrected chi connectivity index (χ3v) is 3.02. The zero-order chi connectivity index (χ0) is 13.8. The molecule has 0 aliphatic heterocycles. The molecule has 7 heteroatoms. The fourth-order valence-corrected chi connectivity index (χ4v) is 1.54. The van der Waals surface area contributed by atoms with Gasteiger partial charge in [-0.2, -0.15) is 0 Å². The van der Waals surface area contributed by atoms with Gasteiger partial charge in [0.1, 0.15) is 0 Å². The van der Waals surface area contributed by atoms with E-state index in [1.165, 1.54) is 0 Å². The Balaban J connectivity index is 0.00000200. The number of nitrogens with two attached hydrogens (primary N) is 1. The van der Waals surface area contributed by atoms with Gasteiger partial charge in [0.2, 0.25) is 5.91 Å². The van der Waals surface area contributed by atoms with Gasteiger partial charge in [-0.05, 0) is 31.2 Å². The van der Waals surface area contributed by atoms with E-state index in [-0.39, 0.29) is 30.3 Å². The molecule has 108 valence electrons. The maximum absolute atomic E-state index is 11.8. The highest BCUT2D eigenvalue weighted by atomic mass is 35.5. The Morgan fingerprint density at radius 3 is 2.45 bits per heavy atom. The van der Waals surface area contributed by atoms with Crippen LogP contribution in [0.4, 0.5) is 5.69 Å². The SMILES string of the molecule is CC(N)C(C)C(=O)Nc1ccc(-n2ccnn2)cc1.Cl. The quantitative estimate of drug-likeness (QED) is 0.897. The van der Waals surface area contributed by atoms with Crippen LogP contribution in [-0.4, -0.2) is 26.9 Å². The summed E-state index contributed by atoms with van der Waals surface area (Å²) >= 11 is 0. The number of carbonyl (C=O) groups is 1. The van der Waals surface area contributed by atoms with E-state index >= 15 is 0 Å². The summed E-state index contributed by atoms with van der Waals surface area (Å²) < 4.78 is 1.65. The van der Waals surface area contributed by atoms with Crippen molar-refractivity contribution in [3.05, 3.63) is 36.7 Å². The van der Waals surface area contributed by atoms with Gasteiger partial charge in [-0.25, -0.2) is 4.68 Å². The van der Waals surface area contributed by atoms with Crippen molar-refractivity contribution in [3.63, 3.8) is 0 Å². The molecular weight excluding hydrogens is 278 g/mol. The molecule has 1 heterocycles. The summed E-state index contributed by atoms with van der Waals surface area (Å²) in [5.74, 6) is -0.307. The van der Waals surface area contributed by atoms with Crippen LogP contribution in [0.15, 0.2) is 36.7 Å². The summed E-state index contributed by atoms with van der Waals surface area (Å²) in [6.07, 6.45) is 3.37. The lowest BCUT2D eigenvalue weighted by molar-refractivity contribution is -0.119. The molecule has 20 heavy (non-hydrogen) atoms. The normalized spacial score (nSPS) is 13.2. The molecule has 2 atom stereocenters. The Morgan fingerprint density at radius 1 is 1.30 bits per heavy atom. The van der Waals surface area contributed by atoms with E-state index in [1.807, 2.05) is 38.1 Å². The number of anilines is 1. The van der Waals surface area contributed by atoms with E-state index in [0.29, 0.717) is 0 Å². The van der Waals surface area contributed by atoms with Crippen LogP contribution >= 0.6 is 12.4 Å². The molecule has 0 saturated heterocycles. The summed E-state index contributed by atoms with van der Waals surface area (Å²) in [5.41, 5.74) is 7.32. The van der Waals surface area contributed by atoms with Crippen molar-refractivity contribution < 1.29 is 4.79 Å². The van der Waals surface area contributed by atoms with Crippen molar-refractivity contribution in [2.45, 2.75) is 19.9 Å². The Morgan fingerprint density at radius 2 is 1.95 bits per heavy atom. The number of carbonyl (C=O) groups excluding carboxylic acids is 1. The summed E-state index contributed by atoms with van der Waals surface area (Å²) in [4.78, 5) is 11.8. The Kier molecular flexibility index (Phi) is 5.66. The predicted molar refractivity (Wildman–Crippen MR) is 80.1 cm³/mol. The Bertz CT molecular complexity index is 538. The maximum Gasteiger partial charge on any atom is 0.228 e. The lowest BCUT2D eigenvalue weighted by Crippen LogP contribution is -2.34. The minimum atomic E-state index is -0.227. The van der Waals surface area contributed by atoms with E-state index in [4.69, 9.17) is 5.73 Å². The van der Waals surface area contributed by atoms with Gasteiger partial charge in [0, 0.05) is 11.7 Å². The van der Waals surface area contributed by atoms with Gasteiger partial charge in [-0.3, -0.25) is 4.79 Å². The smallest absolute Gasteiger partial charge is 0.228 e. The van der Waals surface area contributed by atoms with Crippen molar-refractivity contribution in [1.82, 2.24) is 15.0 Å². The number of hydrogen-bond acceptors (Lipinski definition) is 4. The molecule has 1 amide bonds. The molecule has 0 fully saturated rings. The maximum atomic E-state index is 11.8.